The number of carbonyl (C=O) groups excluding carboxylic acids is 1. The molecule has 1 atom stereocenters. The Morgan fingerprint density at radius 3 is 2.61 bits per heavy atom. The molecule has 23 heavy (non-hydrogen) atoms. The Balaban J connectivity index is 1.62. The normalized spacial score (nSPS) is 22.1. The van der Waals surface area contributed by atoms with E-state index in [0.29, 0.717) is 5.69 Å². The first-order chi connectivity index (χ1) is 11.3. The Hall–Kier alpha value is -2.27. The number of carbonyl (C=O) groups is 1. The van der Waals surface area contributed by atoms with E-state index in [4.69, 9.17) is 0 Å². The highest BCUT2D eigenvalue weighted by molar-refractivity contribution is 5.92. The summed E-state index contributed by atoms with van der Waals surface area (Å²) >= 11 is 0. The molecule has 0 spiro atoms. The van der Waals surface area contributed by atoms with Crippen molar-refractivity contribution in [3.63, 3.8) is 0 Å². The van der Waals surface area contributed by atoms with E-state index < -0.39 is 0 Å². The van der Waals surface area contributed by atoms with Gasteiger partial charge in [0.05, 0.1) is 12.2 Å². The van der Waals surface area contributed by atoms with Crippen LogP contribution < -0.4 is 0 Å². The molecule has 4 rings (SSSR count). The molecule has 1 aliphatic heterocycles. The van der Waals surface area contributed by atoms with Crippen molar-refractivity contribution >= 4 is 5.91 Å². The molecule has 5 nitrogen and oxygen atoms in total. The van der Waals surface area contributed by atoms with Crippen LogP contribution in [-0.2, 0) is 0 Å². The first-order valence-corrected chi connectivity index (χ1v) is 8.19. The lowest BCUT2D eigenvalue weighted by Gasteiger charge is -2.41. The molecule has 2 heterocycles. The van der Waals surface area contributed by atoms with Crippen LogP contribution in [0.2, 0.25) is 0 Å². The predicted molar refractivity (Wildman–Crippen MR) is 86.8 cm³/mol. The fourth-order valence-corrected chi connectivity index (χ4v) is 3.34. The summed E-state index contributed by atoms with van der Waals surface area (Å²) in [5.41, 5.74) is 1.61. The van der Waals surface area contributed by atoms with Crippen molar-refractivity contribution in [3.8, 4) is 0 Å². The Bertz CT molecular complexity index is 672. The van der Waals surface area contributed by atoms with Crippen LogP contribution in [-0.4, -0.2) is 51.4 Å². The Morgan fingerprint density at radius 1 is 1.09 bits per heavy atom. The molecule has 1 unspecified atom stereocenters. The van der Waals surface area contributed by atoms with Gasteiger partial charge in [0.25, 0.3) is 5.91 Å². The molecule has 1 aliphatic carbocycles. The molecule has 1 aromatic heterocycles. The molecular weight excluding hydrogens is 288 g/mol. The van der Waals surface area contributed by atoms with Gasteiger partial charge in [0.1, 0.15) is 5.69 Å². The molecule has 2 aromatic rings. The van der Waals surface area contributed by atoms with Crippen LogP contribution in [0.5, 0.6) is 0 Å². The summed E-state index contributed by atoms with van der Waals surface area (Å²) in [5.74, 6) is -0.0256. The van der Waals surface area contributed by atoms with Gasteiger partial charge in [0.2, 0.25) is 0 Å². The lowest BCUT2D eigenvalue weighted by molar-refractivity contribution is 0.0427. The predicted octanol–water partition coefficient (Wildman–Crippen LogP) is 2.14. The van der Waals surface area contributed by atoms with Crippen LogP contribution in [0.15, 0.2) is 48.9 Å². The zero-order valence-electron chi connectivity index (χ0n) is 13.0. The van der Waals surface area contributed by atoms with Crippen molar-refractivity contribution in [1.29, 1.82) is 0 Å². The van der Waals surface area contributed by atoms with Gasteiger partial charge in [0.15, 0.2) is 0 Å². The number of benzene rings is 1. The van der Waals surface area contributed by atoms with Gasteiger partial charge < -0.3 is 4.90 Å². The average Bonchev–Trinajstić information content (AvgIpc) is 3.47. The quantitative estimate of drug-likeness (QED) is 0.871. The monoisotopic (exact) mass is 308 g/mol. The maximum absolute atomic E-state index is 12.9. The molecule has 1 saturated carbocycles. The third kappa shape index (κ3) is 2.97. The van der Waals surface area contributed by atoms with Crippen molar-refractivity contribution in [3.05, 3.63) is 60.2 Å². The van der Waals surface area contributed by atoms with Crippen LogP contribution in [0.1, 0.15) is 34.9 Å². The Morgan fingerprint density at radius 2 is 1.91 bits per heavy atom. The molecule has 2 fully saturated rings. The summed E-state index contributed by atoms with van der Waals surface area (Å²) in [6.07, 6.45) is 7.30. The highest BCUT2D eigenvalue weighted by atomic mass is 16.2. The summed E-state index contributed by atoms with van der Waals surface area (Å²) in [6.45, 7) is 2.59. The van der Waals surface area contributed by atoms with Crippen LogP contribution in [0.4, 0.5) is 0 Å². The van der Waals surface area contributed by atoms with E-state index in [9.17, 15) is 4.79 Å². The highest BCUT2D eigenvalue weighted by Crippen LogP contribution is 2.33. The summed E-state index contributed by atoms with van der Waals surface area (Å²) in [4.78, 5) is 25.6. The maximum Gasteiger partial charge on any atom is 0.274 e. The maximum atomic E-state index is 12.9. The van der Waals surface area contributed by atoms with E-state index >= 15 is 0 Å². The summed E-state index contributed by atoms with van der Waals surface area (Å²) in [7, 11) is 0. The van der Waals surface area contributed by atoms with Gasteiger partial charge in [-0.2, -0.15) is 0 Å². The number of hydrogen-bond donors (Lipinski definition) is 0. The first-order valence-electron chi connectivity index (χ1n) is 8.19. The molecule has 118 valence electrons. The van der Waals surface area contributed by atoms with Crippen molar-refractivity contribution < 1.29 is 4.79 Å². The minimum Gasteiger partial charge on any atom is -0.328 e. The molecule has 1 amide bonds. The van der Waals surface area contributed by atoms with Gasteiger partial charge >= 0.3 is 0 Å². The zero-order chi connectivity index (χ0) is 15.6. The number of rotatable bonds is 3. The molecule has 2 aliphatic rings. The molecule has 0 radical (unpaired) electrons. The van der Waals surface area contributed by atoms with Gasteiger partial charge in [-0.15, -0.1) is 0 Å². The smallest absolute Gasteiger partial charge is 0.274 e. The van der Waals surface area contributed by atoms with Crippen molar-refractivity contribution in [2.45, 2.75) is 24.9 Å². The van der Waals surface area contributed by atoms with Gasteiger partial charge in [-0.1, -0.05) is 30.3 Å². The average molecular weight is 308 g/mol. The largest absolute Gasteiger partial charge is 0.328 e. The summed E-state index contributed by atoms with van der Waals surface area (Å²) in [5, 5.41) is 0. The Labute approximate surface area is 136 Å². The number of nitrogens with zero attached hydrogens (tertiary/aromatic N) is 4. The SMILES string of the molecule is O=C(c1cnccn1)N1CCN(C2CC2)CC1c1ccccc1. The fourth-order valence-electron chi connectivity index (χ4n) is 3.34. The fraction of sp³-hybridized carbons (Fsp3) is 0.389. The third-order valence-electron chi connectivity index (χ3n) is 4.70. The lowest BCUT2D eigenvalue weighted by atomic mass is 10.0. The molecule has 1 saturated heterocycles. The van der Waals surface area contributed by atoms with Crippen molar-refractivity contribution in [2.24, 2.45) is 0 Å². The number of hydrogen-bond acceptors (Lipinski definition) is 4. The molecule has 0 N–H and O–H groups in total. The zero-order valence-corrected chi connectivity index (χ0v) is 13.0. The minimum atomic E-state index is -0.0256. The second kappa shape index (κ2) is 6.08. The number of piperazine rings is 1. The minimum absolute atomic E-state index is 0.0256. The summed E-state index contributed by atoms with van der Waals surface area (Å²) < 4.78 is 0. The van der Waals surface area contributed by atoms with E-state index in [1.807, 2.05) is 23.1 Å². The lowest BCUT2D eigenvalue weighted by Crippen LogP contribution is -2.51. The van der Waals surface area contributed by atoms with E-state index in [2.05, 4.69) is 27.0 Å². The third-order valence-corrected chi connectivity index (χ3v) is 4.70. The Kier molecular flexibility index (Phi) is 3.79. The number of amides is 1. The van der Waals surface area contributed by atoms with Gasteiger partial charge in [-0.3, -0.25) is 14.7 Å². The van der Waals surface area contributed by atoms with Gasteiger partial charge in [-0.05, 0) is 18.4 Å². The van der Waals surface area contributed by atoms with Crippen LogP contribution in [0, 0.1) is 0 Å². The van der Waals surface area contributed by atoms with E-state index in [0.717, 1.165) is 25.7 Å². The summed E-state index contributed by atoms with van der Waals surface area (Å²) in [6, 6.07) is 11.1. The topological polar surface area (TPSA) is 49.3 Å². The molecule has 5 heteroatoms. The molecule has 1 aromatic carbocycles. The van der Waals surface area contributed by atoms with Crippen LogP contribution in [0.3, 0.4) is 0 Å². The standard InChI is InChI=1S/C18H20N4O/c23-18(16-12-19-8-9-20-16)22-11-10-21(15-6-7-15)13-17(22)14-4-2-1-3-5-14/h1-5,8-9,12,15,17H,6-7,10-11,13H2. The van der Waals surface area contributed by atoms with E-state index in [1.54, 1.807) is 18.6 Å². The second-order valence-corrected chi connectivity index (χ2v) is 6.24. The van der Waals surface area contributed by atoms with Crippen molar-refractivity contribution in [1.82, 2.24) is 19.8 Å². The molecule has 0 bridgehead atoms. The second-order valence-electron chi connectivity index (χ2n) is 6.24. The van der Waals surface area contributed by atoms with Crippen molar-refractivity contribution in [2.75, 3.05) is 19.6 Å². The van der Waals surface area contributed by atoms with Gasteiger partial charge in [-0.25, -0.2) is 4.98 Å². The van der Waals surface area contributed by atoms with E-state index in [1.165, 1.54) is 18.4 Å². The van der Waals surface area contributed by atoms with E-state index in [-0.39, 0.29) is 11.9 Å². The van der Waals surface area contributed by atoms with Gasteiger partial charge in [0, 0.05) is 38.1 Å². The number of aromatic nitrogens is 2. The van der Waals surface area contributed by atoms with Crippen LogP contribution in [0.25, 0.3) is 0 Å². The molecular formula is C18H20N4O. The highest BCUT2D eigenvalue weighted by Gasteiger charge is 2.38. The first kappa shape index (κ1) is 14.3. The van der Waals surface area contributed by atoms with Crippen LogP contribution >= 0.6 is 0 Å².